The van der Waals surface area contributed by atoms with Gasteiger partial charge in [0.25, 0.3) is 0 Å². The van der Waals surface area contributed by atoms with Crippen LogP contribution in [0.15, 0.2) is 41.7 Å². The number of Topliss-reactive ketones (excluding diaryl/α,β-unsaturated/α-hetero) is 1. The Labute approximate surface area is 137 Å². The SMILES string of the molecule is CCC[C@H]1C(=O)OC2=C(C(=O)CC(C)(C)C2)[C@@H]1c1ccccc1. The molecule has 1 aromatic rings. The Balaban J connectivity index is 2.12. The van der Waals surface area contributed by atoms with Crippen molar-refractivity contribution in [1.29, 1.82) is 0 Å². The van der Waals surface area contributed by atoms with Crippen molar-refractivity contribution >= 4 is 11.8 Å². The van der Waals surface area contributed by atoms with E-state index in [1.54, 1.807) is 0 Å². The molecule has 0 amide bonds. The summed E-state index contributed by atoms with van der Waals surface area (Å²) in [4.78, 5) is 25.4. The molecule has 3 rings (SSSR count). The van der Waals surface area contributed by atoms with Gasteiger partial charge >= 0.3 is 5.97 Å². The van der Waals surface area contributed by atoms with Crippen LogP contribution < -0.4 is 0 Å². The van der Waals surface area contributed by atoms with Crippen LogP contribution in [0.2, 0.25) is 0 Å². The average Bonchev–Trinajstić information content (AvgIpc) is 2.48. The fourth-order valence-electron chi connectivity index (χ4n) is 3.90. The summed E-state index contributed by atoms with van der Waals surface area (Å²) in [6.07, 6.45) is 2.81. The molecule has 0 saturated carbocycles. The van der Waals surface area contributed by atoms with Gasteiger partial charge in [0, 0.05) is 24.3 Å². The summed E-state index contributed by atoms with van der Waals surface area (Å²) in [6, 6.07) is 9.93. The van der Waals surface area contributed by atoms with Crippen molar-refractivity contribution in [1.82, 2.24) is 0 Å². The highest BCUT2D eigenvalue weighted by molar-refractivity contribution is 6.01. The highest BCUT2D eigenvalue weighted by Gasteiger charge is 2.46. The summed E-state index contributed by atoms with van der Waals surface area (Å²) in [5, 5.41) is 0. The maximum Gasteiger partial charge on any atom is 0.314 e. The molecule has 3 nitrogen and oxygen atoms in total. The van der Waals surface area contributed by atoms with E-state index < -0.39 is 0 Å². The minimum absolute atomic E-state index is 0.138. The Morgan fingerprint density at radius 3 is 2.48 bits per heavy atom. The van der Waals surface area contributed by atoms with Crippen molar-refractivity contribution in [3.8, 4) is 0 Å². The van der Waals surface area contributed by atoms with Gasteiger partial charge in [-0.3, -0.25) is 9.59 Å². The van der Waals surface area contributed by atoms with E-state index in [0.29, 0.717) is 18.6 Å². The van der Waals surface area contributed by atoms with Crippen LogP contribution in [0.3, 0.4) is 0 Å². The molecule has 0 unspecified atom stereocenters. The lowest BCUT2D eigenvalue weighted by molar-refractivity contribution is -0.148. The van der Waals surface area contributed by atoms with Gasteiger partial charge in [-0.1, -0.05) is 57.5 Å². The van der Waals surface area contributed by atoms with Crippen LogP contribution in [-0.2, 0) is 14.3 Å². The molecule has 1 heterocycles. The highest BCUT2D eigenvalue weighted by atomic mass is 16.5. The molecule has 0 fully saturated rings. The number of rotatable bonds is 3. The lowest BCUT2D eigenvalue weighted by atomic mass is 9.67. The first kappa shape index (κ1) is 16.0. The Hall–Kier alpha value is -1.90. The Morgan fingerprint density at radius 1 is 1.13 bits per heavy atom. The molecule has 23 heavy (non-hydrogen) atoms. The molecular formula is C20H24O3. The predicted octanol–water partition coefficient (Wildman–Crippen LogP) is 4.39. The quantitative estimate of drug-likeness (QED) is 0.778. The summed E-state index contributed by atoms with van der Waals surface area (Å²) >= 11 is 0. The standard InChI is InChI=1S/C20H24O3/c1-4-8-14-17(13-9-6-5-7-10-13)18-15(21)11-20(2,3)12-16(18)23-19(14)22/h5-7,9-10,14,17H,4,8,11-12H2,1-3H3/t14-,17-/m1/s1. The second-order valence-corrected chi connectivity index (χ2v) is 7.48. The zero-order valence-corrected chi connectivity index (χ0v) is 14.1. The molecule has 122 valence electrons. The lowest BCUT2D eigenvalue weighted by Crippen LogP contribution is -2.39. The summed E-state index contributed by atoms with van der Waals surface area (Å²) in [5.74, 6) is 0.156. The van der Waals surface area contributed by atoms with E-state index in [9.17, 15) is 9.59 Å². The Morgan fingerprint density at radius 2 is 1.83 bits per heavy atom. The maximum atomic E-state index is 12.8. The van der Waals surface area contributed by atoms with Crippen LogP contribution in [0, 0.1) is 11.3 Å². The number of hydrogen-bond donors (Lipinski definition) is 0. The lowest BCUT2D eigenvalue weighted by Gasteiger charge is -2.40. The molecule has 1 aliphatic carbocycles. The van der Waals surface area contributed by atoms with Crippen molar-refractivity contribution in [2.75, 3.05) is 0 Å². The summed E-state index contributed by atoms with van der Waals surface area (Å²) in [7, 11) is 0. The molecule has 0 bridgehead atoms. The molecule has 3 heteroatoms. The van der Waals surface area contributed by atoms with Gasteiger partial charge in [0.2, 0.25) is 0 Å². The van der Waals surface area contributed by atoms with Crippen LogP contribution in [-0.4, -0.2) is 11.8 Å². The van der Waals surface area contributed by atoms with Crippen LogP contribution in [0.5, 0.6) is 0 Å². The fraction of sp³-hybridized carbons (Fsp3) is 0.500. The van der Waals surface area contributed by atoms with E-state index in [0.717, 1.165) is 24.0 Å². The molecule has 2 atom stereocenters. The van der Waals surface area contributed by atoms with Crippen LogP contribution in [0.4, 0.5) is 0 Å². The normalized spacial score (nSPS) is 26.7. The van der Waals surface area contributed by atoms with Crippen molar-refractivity contribution < 1.29 is 14.3 Å². The van der Waals surface area contributed by atoms with Gasteiger partial charge in [0.15, 0.2) is 5.78 Å². The molecule has 0 saturated heterocycles. The number of ketones is 1. The van der Waals surface area contributed by atoms with E-state index in [4.69, 9.17) is 4.74 Å². The van der Waals surface area contributed by atoms with Crippen molar-refractivity contribution in [2.24, 2.45) is 11.3 Å². The number of benzene rings is 1. The maximum absolute atomic E-state index is 12.8. The van der Waals surface area contributed by atoms with Gasteiger partial charge in [0.05, 0.1) is 5.92 Å². The third-order valence-corrected chi connectivity index (χ3v) is 4.88. The van der Waals surface area contributed by atoms with Crippen LogP contribution in [0.1, 0.15) is 57.9 Å². The number of esters is 1. The number of carbonyl (C=O) groups is 2. The van der Waals surface area contributed by atoms with E-state index in [1.807, 2.05) is 30.3 Å². The van der Waals surface area contributed by atoms with Crippen LogP contribution >= 0.6 is 0 Å². The highest BCUT2D eigenvalue weighted by Crippen LogP contribution is 2.48. The molecular weight excluding hydrogens is 288 g/mol. The molecule has 2 aliphatic rings. The number of allylic oxidation sites excluding steroid dienone is 2. The first-order chi connectivity index (χ1) is 10.9. The second kappa shape index (κ2) is 5.95. The molecule has 0 spiro atoms. The minimum atomic E-state index is -0.258. The fourth-order valence-corrected chi connectivity index (χ4v) is 3.90. The summed E-state index contributed by atoms with van der Waals surface area (Å²) in [6.45, 7) is 6.17. The molecule has 0 aromatic heterocycles. The van der Waals surface area contributed by atoms with E-state index in [1.165, 1.54) is 0 Å². The topological polar surface area (TPSA) is 43.4 Å². The smallest absolute Gasteiger partial charge is 0.314 e. The monoisotopic (exact) mass is 312 g/mol. The third kappa shape index (κ3) is 2.97. The van der Waals surface area contributed by atoms with E-state index in [-0.39, 0.29) is 29.0 Å². The largest absolute Gasteiger partial charge is 0.430 e. The minimum Gasteiger partial charge on any atom is -0.430 e. The molecule has 1 aromatic carbocycles. The van der Waals surface area contributed by atoms with Gasteiger partial charge in [-0.2, -0.15) is 0 Å². The Kier molecular flexibility index (Phi) is 4.13. The van der Waals surface area contributed by atoms with Gasteiger partial charge < -0.3 is 4.74 Å². The zero-order chi connectivity index (χ0) is 16.6. The average molecular weight is 312 g/mol. The van der Waals surface area contributed by atoms with Gasteiger partial charge in [0.1, 0.15) is 5.76 Å². The van der Waals surface area contributed by atoms with Gasteiger partial charge in [-0.15, -0.1) is 0 Å². The summed E-state index contributed by atoms with van der Waals surface area (Å²) < 4.78 is 5.63. The summed E-state index contributed by atoms with van der Waals surface area (Å²) in [5.41, 5.74) is 1.64. The third-order valence-electron chi connectivity index (χ3n) is 4.88. The predicted molar refractivity (Wildman–Crippen MR) is 88.7 cm³/mol. The van der Waals surface area contributed by atoms with Gasteiger partial charge in [-0.25, -0.2) is 0 Å². The van der Waals surface area contributed by atoms with Crippen LogP contribution in [0.25, 0.3) is 0 Å². The first-order valence-electron chi connectivity index (χ1n) is 8.46. The van der Waals surface area contributed by atoms with E-state index >= 15 is 0 Å². The van der Waals surface area contributed by atoms with Gasteiger partial charge in [-0.05, 0) is 17.4 Å². The van der Waals surface area contributed by atoms with E-state index in [2.05, 4.69) is 20.8 Å². The van der Waals surface area contributed by atoms with Crippen molar-refractivity contribution in [3.63, 3.8) is 0 Å². The number of ether oxygens (including phenoxy) is 1. The molecule has 0 radical (unpaired) electrons. The molecule has 0 N–H and O–H groups in total. The number of carbonyl (C=O) groups excluding carboxylic acids is 2. The Bertz CT molecular complexity index is 655. The molecule has 1 aliphatic heterocycles. The second-order valence-electron chi connectivity index (χ2n) is 7.48. The first-order valence-corrected chi connectivity index (χ1v) is 8.46. The zero-order valence-electron chi connectivity index (χ0n) is 14.1. The van der Waals surface area contributed by atoms with Crippen molar-refractivity contribution in [3.05, 3.63) is 47.2 Å². The number of hydrogen-bond acceptors (Lipinski definition) is 3. The van der Waals surface area contributed by atoms with Crippen molar-refractivity contribution in [2.45, 2.75) is 52.4 Å².